The summed E-state index contributed by atoms with van der Waals surface area (Å²) in [5, 5.41) is 0. The van der Waals surface area contributed by atoms with E-state index in [4.69, 9.17) is 0 Å². The van der Waals surface area contributed by atoms with Gasteiger partial charge in [0.25, 0.3) is 0 Å². The number of rotatable bonds is 2. The van der Waals surface area contributed by atoms with Gasteiger partial charge in [-0.2, -0.15) is 0 Å². The smallest absolute Gasteiger partial charge is 0.320 e. The Bertz CT molecular complexity index is 891. The lowest BCUT2D eigenvalue weighted by atomic mass is 9.83. The van der Waals surface area contributed by atoms with E-state index in [9.17, 15) is 9.18 Å². The molecule has 3 fully saturated rings. The van der Waals surface area contributed by atoms with Crippen LogP contribution in [0.4, 0.5) is 9.18 Å². The molecule has 6 rings (SSSR count). The van der Waals surface area contributed by atoms with Gasteiger partial charge in [-0.05, 0) is 67.1 Å². The number of amides is 2. The summed E-state index contributed by atoms with van der Waals surface area (Å²) in [5.41, 5.74) is 3.40. The molecule has 0 radical (unpaired) electrons. The summed E-state index contributed by atoms with van der Waals surface area (Å²) in [7, 11) is 1.97. The van der Waals surface area contributed by atoms with Gasteiger partial charge in [-0.1, -0.05) is 36.4 Å². The van der Waals surface area contributed by atoms with E-state index in [1.54, 1.807) is 0 Å². The third kappa shape index (κ3) is 3.31. The second kappa shape index (κ2) is 7.45. The first kappa shape index (κ1) is 18.6. The average molecular weight is 394 g/mol. The molecule has 3 saturated heterocycles. The highest BCUT2D eigenvalue weighted by Gasteiger charge is 2.41. The molecule has 5 heteroatoms. The Balaban J connectivity index is 1.47. The molecule has 4 heterocycles. The van der Waals surface area contributed by atoms with E-state index in [1.165, 1.54) is 43.6 Å². The van der Waals surface area contributed by atoms with Gasteiger partial charge in [0.2, 0.25) is 0 Å². The molecule has 2 amide bonds. The minimum atomic E-state index is -0.250. The molecule has 4 aliphatic rings. The SMILES string of the molecule is CN(C(=O)N1CCc2ccccc2[C@@H]1c1ccc(F)cc1)[C@H]1CN2CCC1CC2. The maximum absolute atomic E-state index is 13.7. The molecule has 0 N–H and O–H groups in total. The molecule has 2 atom stereocenters. The number of carbonyl (C=O) groups excluding carboxylic acids is 1. The van der Waals surface area contributed by atoms with Gasteiger partial charge < -0.3 is 14.7 Å². The maximum Gasteiger partial charge on any atom is 0.320 e. The molecule has 152 valence electrons. The number of fused-ring (bicyclic) bond motifs is 4. The highest BCUT2D eigenvalue weighted by molar-refractivity contribution is 5.76. The number of carbonyl (C=O) groups is 1. The van der Waals surface area contributed by atoms with E-state index in [0.29, 0.717) is 12.5 Å². The second-order valence-electron chi connectivity index (χ2n) is 8.70. The van der Waals surface area contributed by atoms with Crippen LogP contribution in [0.2, 0.25) is 0 Å². The molecule has 29 heavy (non-hydrogen) atoms. The van der Waals surface area contributed by atoms with Crippen molar-refractivity contribution in [2.75, 3.05) is 33.2 Å². The first-order valence-corrected chi connectivity index (χ1v) is 10.7. The van der Waals surface area contributed by atoms with Crippen LogP contribution in [0, 0.1) is 11.7 Å². The molecule has 2 aromatic rings. The van der Waals surface area contributed by atoms with Gasteiger partial charge in [0.05, 0.1) is 6.04 Å². The Labute approximate surface area is 171 Å². The second-order valence-corrected chi connectivity index (χ2v) is 8.70. The van der Waals surface area contributed by atoms with Crippen LogP contribution in [0.15, 0.2) is 48.5 Å². The molecule has 0 aliphatic carbocycles. The summed E-state index contributed by atoms with van der Waals surface area (Å²) < 4.78 is 13.6. The molecule has 0 spiro atoms. The fraction of sp³-hybridized carbons (Fsp3) is 0.458. The number of hydrogen-bond donors (Lipinski definition) is 0. The molecular weight excluding hydrogens is 365 g/mol. The lowest BCUT2D eigenvalue weighted by molar-refractivity contribution is 0.0214. The number of benzene rings is 2. The normalized spacial score (nSPS) is 28.1. The number of halogens is 1. The van der Waals surface area contributed by atoms with Crippen molar-refractivity contribution in [3.8, 4) is 0 Å². The van der Waals surface area contributed by atoms with Gasteiger partial charge in [-0.3, -0.25) is 0 Å². The highest BCUT2D eigenvalue weighted by atomic mass is 19.1. The van der Waals surface area contributed by atoms with Crippen molar-refractivity contribution in [3.63, 3.8) is 0 Å². The van der Waals surface area contributed by atoms with E-state index >= 15 is 0 Å². The topological polar surface area (TPSA) is 26.8 Å². The molecule has 0 unspecified atom stereocenters. The highest BCUT2D eigenvalue weighted by Crippen LogP contribution is 2.37. The molecule has 0 saturated carbocycles. The zero-order valence-corrected chi connectivity index (χ0v) is 16.9. The lowest BCUT2D eigenvalue weighted by Crippen LogP contribution is -2.60. The molecule has 4 aliphatic heterocycles. The van der Waals surface area contributed by atoms with E-state index in [1.807, 2.05) is 35.0 Å². The number of nitrogens with zero attached hydrogens (tertiary/aromatic N) is 3. The van der Waals surface area contributed by atoms with Crippen LogP contribution in [-0.4, -0.2) is 60.0 Å². The van der Waals surface area contributed by atoms with Crippen molar-refractivity contribution in [3.05, 3.63) is 71.0 Å². The Morgan fingerprint density at radius 3 is 2.45 bits per heavy atom. The zero-order chi connectivity index (χ0) is 20.0. The van der Waals surface area contributed by atoms with Crippen LogP contribution in [-0.2, 0) is 6.42 Å². The van der Waals surface area contributed by atoms with Crippen LogP contribution in [0.3, 0.4) is 0 Å². The predicted molar refractivity (Wildman–Crippen MR) is 111 cm³/mol. The van der Waals surface area contributed by atoms with Crippen LogP contribution in [0.1, 0.15) is 35.6 Å². The molecular formula is C24H28FN3O. The monoisotopic (exact) mass is 393 g/mol. The first-order chi connectivity index (χ1) is 14.1. The summed E-state index contributed by atoms with van der Waals surface area (Å²) in [6.45, 7) is 4.00. The van der Waals surface area contributed by atoms with Gasteiger partial charge in [0.1, 0.15) is 5.82 Å². The van der Waals surface area contributed by atoms with Gasteiger partial charge in [0, 0.05) is 26.2 Å². The summed E-state index contributed by atoms with van der Waals surface area (Å²) in [6, 6.07) is 15.2. The summed E-state index contributed by atoms with van der Waals surface area (Å²) in [5.74, 6) is 0.357. The Kier molecular flexibility index (Phi) is 4.78. The van der Waals surface area contributed by atoms with Crippen LogP contribution in [0.25, 0.3) is 0 Å². The molecule has 4 nitrogen and oxygen atoms in total. The summed E-state index contributed by atoms with van der Waals surface area (Å²) in [6.07, 6.45) is 3.23. The number of likely N-dealkylation sites (N-methyl/N-ethyl adjacent to an activating group) is 1. The summed E-state index contributed by atoms with van der Waals surface area (Å²) >= 11 is 0. The fourth-order valence-corrected chi connectivity index (χ4v) is 5.49. The zero-order valence-electron chi connectivity index (χ0n) is 16.9. The molecule has 2 bridgehead atoms. The first-order valence-electron chi connectivity index (χ1n) is 10.7. The standard InChI is InChI=1S/C24H28FN3O/c1-26(22-16-27-13-10-18(22)11-14-27)24(29)28-15-12-17-4-2-3-5-21(17)23(28)19-6-8-20(25)9-7-19/h2-9,18,22-23H,10-16H2,1H3/t22-,23-/m0/s1. The van der Waals surface area contributed by atoms with Crippen molar-refractivity contribution in [1.82, 2.24) is 14.7 Å². The van der Waals surface area contributed by atoms with E-state index in [2.05, 4.69) is 23.1 Å². The lowest BCUT2D eigenvalue weighted by Gasteiger charge is -2.49. The van der Waals surface area contributed by atoms with Crippen molar-refractivity contribution in [1.29, 1.82) is 0 Å². The Hall–Kier alpha value is -2.40. The van der Waals surface area contributed by atoms with Crippen molar-refractivity contribution < 1.29 is 9.18 Å². The molecule has 0 aromatic heterocycles. The number of hydrogen-bond acceptors (Lipinski definition) is 2. The van der Waals surface area contributed by atoms with Crippen molar-refractivity contribution in [2.45, 2.75) is 31.3 Å². The van der Waals surface area contributed by atoms with E-state index < -0.39 is 0 Å². The van der Waals surface area contributed by atoms with Gasteiger partial charge in [-0.15, -0.1) is 0 Å². The average Bonchev–Trinajstić information content (AvgIpc) is 2.78. The quantitative estimate of drug-likeness (QED) is 0.773. The minimum absolute atomic E-state index is 0.0904. The maximum atomic E-state index is 13.7. The van der Waals surface area contributed by atoms with E-state index in [0.717, 1.165) is 24.1 Å². The van der Waals surface area contributed by atoms with Crippen LogP contribution < -0.4 is 0 Å². The predicted octanol–water partition coefficient (Wildman–Crippen LogP) is 3.92. The number of piperidine rings is 3. The van der Waals surface area contributed by atoms with Crippen LogP contribution in [0.5, 0.6) is 0 Å². The number of urea groups is 1. The third-order valence-electron chi connectivity index (χ3n) is 7.14. The molecule has 2 aromatic carbocycles. The Morgan fingerprint density at radius 1 is 1.03 bits per heavy atom. The largest absolute Gasteiger partial charge is 0.323 e. The van der Waals surface area contributed by atoms with Gasteiger partial charge in [0.15, 0.2) is 0 Å². The Morgan fingerprint density at radius 2 is 1.76 bits per heavy atom. The van der Waals surface area contributed by atoms with Gasteiger partial charge in [-0.25, -0.2) is 9.18 Å². The van der Waals surface area contributed by atoms with Crippen molar-refractivity contribution >= 4 is 6.03 Å². The van der Waals surface area contributed by atoms with Crippen molar-refractivity contribution in [2.24, 2.45) is 5.92 Å². The summed E-state index contributed by atoms with van der Waals surface area (Å²) in [4.78, 5) is 20.2. The van der Waals surface area contributed by atoms with Crippen LogP contribution >= 0.6 is 0 Å². The minimum Gasteiger partial charge on any atom is -0.323 e. The van der Waals surface area contributed by atoms with Gasteiger partial charge >= 0.3 is 6.03 Å². The fourth-order valence-electron chi connectivity index (χ4n) is 5.49. The third-order valence-corrected chi connectivity index (χ3v) is 7.14. The van der Waals surface area contributed by atoms with E-state index in [-0.39, 0.29) is 23.9 Å².